The van der Waals surface area contributed by atoms with Crippen molar-refractivity contribution < 1.29 is 9.90 Å². The monoisotopic (exact) mass is 222 g/mol. The maximum absolute atomic E-state index is 10.8. The molecule has 0 aliphatic rings. The predicted octanol–water partition coefficient (Wildman–Crippen LogP) is 2.26. The largest absolute Gasteiger partial charge is 0.478 e. The average molecular weight is 222 g/mol. The van der Waals surface area contributed by atoms with E-state index in [0.29, 0.717) is 17.8 Å². The predicted molar refractivity (Wildman–Crippen MR) is 63.9 cm³/mol. The van der Waals surface area contributed by atoms with Gasteiger partial charge in [-0.25, -0.2) is 9.78 Å². The Morgan fingerprint density at radius 1 is 1.44 bits per heavy atom. The lowest BCUT2D eigenvalue weighted by molar-refractivity contribution is 0.0697. The van der Waals surface area contributed by atoms with Gasteiger partial charge < -0.3 is 10.0 Å². The molecular weight excluding hydrogens is 204 g/mol. The molecule has 0 saturated heterocycles. The van der Waals surface area contributed by atoms with E-state index in [0.717, 1.165) is 0 Å². The van der Waals surface area contributed by atoms with Crippen LogP contribution in [-0.4, -0.2) is 29.1 Å². The summed E-state index contributed by atoms with van der Waals surface area (Å²) in [5.74, 6) is 0.260. The maximum Gasteiger partial charge on any atom is 0.335 e. The molecule has 4 heteroatoms. The molecule has 1 rings (SSSR count). The topological polar surface area (TPSA) is 53.4 Å². The van der Waals surface area contributed by atoms with Crippen LogP contribution in [0.5, 0.6) is 0 Å². The highest BCUT2D eigenvalue weighted by molar-refractivity contribution is 5.88. The van der Waals surface area contributed by atoms with E-state index >= 15 is 0 Å². The highest BCUT2D eigenvalue weighted by atomic mass is 16.4. The van der Waals surface area contributed by atoms with E-state index < -0.39 is 5.97 Å². The van der Waals surface area contributed by atoms with Crippen LogP contribution < -0.4 is 4.90 Å². The minimum absolute atomic E-state index is 0.271. The minimum atomic E-state index is -0.922. The van der Waals surface area contributed by atoms with Crippen molar-refractivity contribution in [2.45, 2.75) is 26.8 Å². The van der Waals surface area contributed by atoms with E-state index in [1.165, 1.54) is 12.3 Å². The fourth-order valence-electron chi connectivity index (χ4n) is 1.40. The Hall–Kier alpha value is -1.58. The zero-order valence-electron chi connectivity index (χ0n) is 10.1. The van der Waals surface area contributed by atoms with Crippen LogP contribution in [0.25, 0.3) is 0 Å². The standard InChI is InChI=1S/C12H18N2O2/c1-8(2)9(3)14(4)11-7-10(12(15)16)5-6-13-11/h5-9H,1-4H3,(H,15,16). The van der Waals surface area contributed by atoms with E-state index in [1.807, 2.05) is 11.9 Å². The zero-order valence-corrected chi connectivity index (χ0v) is 10.1. The minimum Gasteiger partial charge on any atom is -0.478 e. The van der Waals surface area contributed by atoms with E-state index in [4.69, 9.17) is 5.11 Å². The third-order valence-electron chi connectivity index (χ3n) is 2.93. The fraction of sp³-hybridized carbons (Fsp3) is 0.500. The van der Waals surface area contributed by atoms with Crippen molar-refractivity contribution >= 4 is 11.8 Å². The van der Waals surface area contributed by atoms with Crippen LogP contribution in [-0.2, 0) is 0 Å². The average Bonchev–Trinajstić information content (AvgIpc) is 2.27. The molecule has 0 bridgehead atoms. The Morgan fingerprint density at radius 3 is 2.56 bits per heavy atom. The van der Waals surface area contributed by atoms with Gasteiger partial charge in [-0.15, -0.1) is 0 Å². The molecule has 0 fully saturated rings. The molecule has 0 amide bonds. The second-order valence-corrected chi connectivity index (χ2v) is 4.30. The fourth-order valence-corrected chi connectivity index (χ4v) is 1.40. The van der Waals surface area contributed by atoms with Crippen LogP contribution in [0.1, 0.15) is 31.1 Å². The Morgan fingerprint density at radius 2 is 2.06 bits per heavy atom. The highest BCUT2D eigenvalue weighted by Gasteiger charge is 2.15. The van der Waals surface area contributed by atoms with Crippen molar-refractivity contribution in [1.29, 1.82) is 0 Å². The van der Waals surface area contributed by atoms with Gasteiger partial charge >= 0.3 is 5.97 Å². The first-order chi connectivity index (χ1) is 7.43. The van der Waals surface area contributed by atoms with Crippen molar-refractivity contribution in [2.24, 2.45) is 5.92 Å². The first kappa shape index (κ1) is 12.5. The van der Waals surface area contributed by atoms with Crippen molar-refractivity contribution in [3.8, 4) is 0 Å². The van der Waals surface area contributed by atoms with Crippen LogP contribution >= 0.6 is 0 Å². The van der Waals surface area contributed by atoms with E-state index in [2.05, 4.69) is 25.8 Å². The smallest absolute Gasteiger partial charge is 0.335 e. The molecule has 0 aliphatic carbocycles. The summed E-state index contributed by atoms with van der Waals surface area (Å²) in [6.45, 7) is 6.35. The Labute approximate surface area is 95.9 Å². The third kappa shape index (κ3) is 2.72. The van der Waals surface area contributed by atoms with Crippen molar-refractivity contribution in [3.63, 3.8) is 0 Å². The molecule has 1 heterocycles. The summed E-state index contributed by atoms with van der Waals surface area (Å²) in [6, 6.07) is 3.41. The molecule has 16 heavy (non-hydrogen) atoms. The molecule has 88 valence electrons. The molecule has 0 radical (unpaired) electrons. The summed E-state index contributed by atoms with van der Waals surface area (Å²) < 4.78 is 0. The molecule has 1 atom stereocenters. The van der Waals surface area contributed by atoms with Gasteiger partial charge in [0.05, 0.1) is 5.56 Å². The van der Waals surface area contributed by atoms with E-state index in [9.17, 15) is 4.79 Å². The van der Waals surface area contributed by atoms with Gasteiger partial charge in [-0.05, 0) is 25.0 Å². The van der Waals surface area contributed by atoms with Gasteiger partial charge in [0.1, 0.15) is 5.82 Å². The van der Waals surface area contributed by atoms with Crippen LogP contribution in [0.15, 0.2) is 18.3 Å². The van der Waals surface area contributed by atoms with Gasteiger partial charge in [-0.3, -0.25) is 0 Å². The number of carbonyl (C=O) groups is 1. The molecule has 1 aromatic heterocycles. The summed E-state index contributed by atoms with van der Waals surface area (Å²) in [7, 11) is 1.93. The second-order valence-electron chi connectivity index (χ2n) is 4.30. The Kier molecular flexibility index (Phi) is 3.88. The molecule has 4 nitrogen and oxygen atoms in total. The third-order valence-corrected chi connectivity index (χ3v) is 2.93. The number of carboxylic acids is 1. The Balaban J connectivity index is 2.95. The van der Waals surface area contributed by atoms with Crippen LogP contribution in [0.4, 0.5) is 5.82 Å². The maximum atomic E-state index is 10.8. The summed E-state index contributed by atoms with van der Waals surface area (Å²) in [4.78, 5) is 17.0. The van der Waals surface area contributed by atoms with Crippen LogP contribution in [0, 0.1) is 5.92 Å². The first-order valence-corrected chi connectivity index (χ1v) is 5.35. The normalized spacial score (nSPS) is 12.6. The van der Waals surface area contributed by atoms with Gasteiger partial charge in [0.25, 0.3) is 0 Å². The van der Waals surface area contributed by atoms with Gasteiger partial charge in [-0.1, -0.05) is 13.8 Å². The molecule has 1 N–H and O–H groups in total. The van der Waals surface area contributed by atoms with Gasteiger partial charge in [0.2, 0.25) is 0 Å². The zero-order chi connectivity index (χ0) is 12.3. The number of aromatic carboxylic acids is 1. The lowest BCUT2D eigenvalue weighted by Gasteiger charge is -2.29. The van der Waals surface area contributed by atoms with Crippen molar-refractivity contribution in [1.82, 2.24) is 4.98 Å². The number of hydrogen-bond acceptors (Lipinski definition) is 3. The first-order valence-electron chi connectivity index (χ1n) is 5.35. The molecular formula is C12H18N2O2. The van der Waals surface area contributed by atoms with E-state index in [1.54, 1.807) is 6.07 Å². The van der Waals surface area contributed by atoms with Gasteiger partial charge in [0, 0.05) is 19.3 Å². The lowest BCUT2D eigenvalue weighted by atomic mass is 10.1. The molecule has 0 saturated carbocycles. The number of hydrogen-bond donors (Lipinski definition) is 1. The highest BCUT2D eigenvalue weighted by Crippen LogP contribution is 2.17. The number of nitrogens with zero attached hydrogens (tertiary/aromatic N) is 2. The second kappa shape index (κ2) is 4.96. The summed E-state index contributed by atoms with van der Waals surface area (Å²) in [5.41, 5.74) is 0.271. The Bertz CT molecular complexity index is 377. The molecule has 0 aliphatic heterocycles. The molecule has 1 aromatic rings. The number of carboxylic acid groups (broad SMARTS) is 1. The van der Waals surface area contributed by atoms with E-state index in [-0.39, 0.29) is 5.56 Å². The quantitative estimate of drug-likeness (QED) is 0.849. The lowest BCUT2D eigenvalue weighted by Crippen LogP contribution is -2.33. The number of rotatable bonds is 4. The SMILES string of the molecule is CC(C)C(C)N(C)c1cc(C(=O)O)ccn1. The summed E-state index contributed by atoms with van der Waals surface area (Å²) in [6.07, 6.45) is 1.53. The van der Waals surface area contributed by atoms with Crippen molar-refractivity contribution in [2.75, 3.05) is 11.9 Å². The van der Waals surface area contributed by atoms with Gasteiger partial charge in [-0.2, -0.15) is 0 Å². The van der Waals surface area contributed by atoms with Crippen LogP contribution in [0.3, 0.4) is 0 Å². The molecule has 1 unspecified atom stereocenters. The molecule has 0 spiro atoms. The number of pyridine rings is 1. The van der Waals surface area contributed by atoms with Gasteiger partial charge in [0.15, 0.2) is 0 Å². The van der Waals surface area contributed by atoms with Crippen molar-refractivity contribution in [3.05, 3.63) is 23.9 Å². The molecule has 0 aromatic carbocycles. The summed E-state index contributed by atoms with van der Waals surface area (Å²) in [5, 5.41) is 8.89. The van der Waals surface area contributed by atoms with Crippen LogP contribution in [0.2, 0.25) is 0 Å². The number of anilines is 1. The summed E-state index contributed by atoms with van der Waals surface area (Å²) >= 11 is 0. The number of aromatic nitrogens is 1.